The molecular weight excluding hydrogens is 331 g/mol. The van der Waals surface area contributed by atoms with E-state index in [9.17, 15) is 21.6 Å². The number of thiophene rings is 1. The molecule has 0 bridgehead atoms. The molecule has 0 unspecified atom stereocenters. The summed E-state index contributed by atoms with van der Waals surface area (Å²) in [5, 5.41) is 0. The first-order valence-electron chi connectivity index (χ1n) is 5.86. The highest BCUT2D eigenvalue weighted by molar-refractivity contribution is 7.93. The van der Waals surface area contributed by atoms with E-state index in [1.807, 2.05) is 6.92 Å². The van der Waals surface area contributed by atoms with Crippen LogP contribution in [0, 0.1) is 6.92 Å². The van der Waals surface area contributed by atoms with E-state index in [0.717, 1.165) is 0 Å². The van der Waals surface area contributed by atoms with Gasteiger partial charge < -0.3 is 0 Å². The number of hydrogen-bond acceptors (Lipinski definition) is 5. The van der Waals surface area contributed by atoms with Crippen molar-refractivity contribution in [3.63, 3.8) is 0 Å². The topological polar surface area (TPSA) is 47.0 Å². The van der Waals surface area contributed by atoms with Gasteiger partial charge in [0.05, 0.1) is 16.0 Å². The SMILES string of the molecule is CCCCS(=O)(=O)c1nc2c(C)sc(C(F)(F)F)c2s1. The van der Waals surface area contributed by atoms with Crippen LogP contribution in [0.4, 0.5) is 13.2 Å². The van der Waals surface area contributed by atoms with Crippen LogP contribution in [0.25, 0.3) is 10.2 Å². The van der Waals surface area contributed by atoms with E-state index in [1.165, 1.54) is 6.92 Å². The van der Waals surface area contributed by atoms with Crippen LogP contribution in [0.2, 0.25) is 0 Å². The highest BCUT2D eigenvalue weighted by Crippen LogP contribution is 2.44. The summed E-state index contributed by atoms with van der Waals surface area (Å²) in [6.07, 6.45) is -3.31. The van der Waals surface area contributed by atoms with Crippen molar-refractivity contribution in [3.05, 3.63) is 9.75 Å². The summed E-state index contributed by atoms with van der Waals surface area (Å²) in [6, 6.07) is 0. The molecule has 0 amide bonds. The Hall–Kier alpha value is -0.670. The minimum absolute atomic E-state index is 0.0740. The Labute approximate surface area is 122 Å². The van der Waals surface area contributed by atoms with Crippen LogP contribution in [0.15, 0.2) is 4.34 Å². The van der Waals surface area contributed by atoms with Gasteiger partial charge in [0.2, 0.25) is 14.2 Å². The van der Waals surface area contributed by atoms with Gasteiger partial charge in [-0.2, -0.15) is 13.2 Å². The van der Waals surface area contributed by atoms with E-state index in [4.69, 9.17) is 0 Å². The maximum Gasteiger partial charge on any atom is 0.427 e. The van der Waals surface area contributed by atoms with Gasteiger partial charge in [0.1, 0.15) is 4.88 Å². The number of nitrogens with zero attached hydrogens (tertiary/aromatic N) is 1. The molecule has 9 heteroatoms. The smallest absolute Gasteiger partial charge is 0.224 e. The minimum Gasteiger partial charge on any atom is -0.224 e. The first-order valence-corrected chi connectivity index (χ1v) is 9.15. The molecule has 2 rings (SSSR count). The predicted molar refractivity (Wildman–Crippen MR) is 74.2 cm³/mol. The first kappa shape index (κ1) is 15.7. The van der Waals surface area contributed by atoms with Gasteiger partial charge in [-0.05, 0) is 13.3 Å². The molecule has 0 fully saturated rings. The summed E-state index contributed by atoms with van der Waals surface area (Å²) in [5.74, 6) is -0.0799. The molecular formula is C11H12F3NO2S3. The van der Waals surface area contributed by atoms with Crippen molar-refractivity contribution in [2.45, 2.75) is 37.2 Å². The highest BCUT2D eigenvalue weighted by Gasteiger charge is 2.37. The van der Waals surface area contributed by atoms with Crippen molar-refractivity contribution < 1.29 is 21.6 Å². The molecule has 0 aromatic carbocycles. The molecule has 0 saturated heterocycles. The molecule has 0 aliphatic rings. The molecule has 0 spiro atoms. The maximum atomic E-state index is 12.9. The number of sulfone groups is 1. The molecule has 2 aromatic rings. The summed E-state index contributed by atoms with van der Waals surface area (Å²) in [5.41, 5.74) is 0.155. The molecule has 0 radical (unpaired) electrons. The summed E-state index contributed by atoms with van der Waals surface area (Å²) < 4.78 is 62.4. The van der Waals surface area contributed by atoms with Gasteiger partial charge >= 0.3 is 6.18 Å². The van der Waals surface area contributed by atoms with Crippen LogP contribution < -0.4 is 0 Å². The third-order valence-electron chi connectivity index (χ3n) is 2.69. The fourth-order valence-corrected chi connectivity index (χ4v) is 5.75. The zero-order chi connectivity index (χ0) is 15.1. The molecule has 0 atom stereocenters. The molecule has 0 saturated carbocycles. The van der Waals surface area contributed by atoms with Crippen molar-refractivity contribution in [2.24, 2.45) is 0 Å². The standard InChI is InChI=1S/C11H12F3NO2S3/c1-3-4-5-20(16,17)10-15-7-6(2)18-9(8(7)19-10)11(12,13)14/h3-5H2,1-2H3. The van der Waals surface area contributed by atoms with E-state index < -0.39 is 20.9 Å². The van der Waals surface area contributed by atoms with Crippen molar-refractivity contribution in [1.82, 2.24) is 4.98 Å². The molecule has 0 aliphatic heterocycles. The largest absolute Gasteiger partial charge is 0.427 e. The number of unbranched alkanes of at least 4 members (excludes halogenated alkanes) is 1. The Balaban J connectivity index is 2.55. The molecule has 0 aliphatic carbocycles. The van der Waals surface area contributed by atoms with E-state index in [1.54, 1.807) is 0 Å². The minimum atomic E-state index is -4.48. The average Bonchev–Trinajstić information content (AvgIpc) is 2.87. The lowest BCUT2D eigenvalue weighted by Crippen LogP contribution is -2.06. The van der Waals surface area contributed by atoms with Gasteiger partial charge in [0, 0.05) is 4.88 Å². The van der Waals surface area contributed by atoms with Crippen molar-refractivity contribution in [3.8, 4) is 0 Å². The number of aromatic nitrogens is 1. The number of halogens is 3. The fraction of sp³-hybridized carbons (Fsp3) is 0.545. The quantitative estimate of drug-likeness (QED) is 0.833. The molecule has 2 aromatic heterocycles. The fourth-order valence-electron chi connectivity index (χ4n) is 1.68. The lowest BCUT2D eigenvalue weighted by molar-refractivity contribution is -0.133. The molecule has 3 nitrogen and oxygen atoms in total. The summed E-state index contributed by atoms with van der Waals surface area (Å²) >= 11 is 1.23. The van der Waals surface area contributed by atoms with Gasteiger partial charge in [0.25, 0.3) is 0 Å². The van der Waals surface area contributed by atoms with Crippen molar-refractivity contribution in [2.75, 3.05) is 5.75 Å². The number of hydrogen-bond donors (Lipinski definition) is 0. The maximum absolute atomic E-state index is 12.9. The second-order valence-electron chi connectivity index (χ2n) is 4.32. The second-order valence-corrected chi connectivity index (χ2v) is 8.82. The molecule has 2 heterocycles. The van der Waals surface area contributed by atoms with Crippen molar-refractivity contribution >= 4 is 42.7 Å². The van der Waals surface area contributed by atoms with E-state index in [2.05, 4.69) is 4.98 Å². The number of alkyl halides is 3. The number of aryl methyl sites for hydroxylation is 1. The third-order valence-corrected chi connectivity index (χ3v) is 7.29. The second kappa shape index (κ2) is 5.27. The summed E-state index contributed by atoms with van der Waals surface area (Å²) in [6.45, 7) is 3.37. The molecule has 0 N–H and O–H groups in total. The average molecular weight is 343 g/mol. The Morgan fingerprint density at radius 1 is 1.25 bits per heavy atom. The molecule has 20 heavy (non-hydrogen) atoms. The first-order chi connectivity index (χ1) is 9.16. The number of rotatable bonds is 4. The van der Waals surface area contributed by atoms with Gasteiger partial charge in [-0.1, -0.05) is 13.3 Å². The van der Waals surface area contributed by atoms with Crippen LogP contribution in [0.3, 0.4) is 0 Å². The van der Waals surface area contributed by atoms with Gasteiger partial charge in [-0.25, -0.2) is 13.4 Å². The Bertz CT molecular complexity index is 728. The summed E-state index contributed by atoms with van der Waals surface area (Å²) in [7, 11) is -3.59. The van der Waals surface area contributed by atoms with Crippen LogP contribution in [-0.4, -0.2) is 19.2 Å². The van der Waals surface area contributed by atoms with Gasteiger partial charge in [0.15, 0.2) is 0 Å². The third kappa shape index (κ3) is 2.84. The van der Waals surface area contributed by atoms with Gasteiger partial charge in [-0.3, -0.25) is 0 Å². The van der Waals surface area contributed by atoms with E-state index >= 15 is 0 Å². The van der Waals surface area contributed by atoms with Crippen molar-refractivity contribution in [1.29, 1.82) is 0 Å². The van der Waals surface area contributed by atoms with Crippen LogP contribution in [0.5, 0.6) is 0 Å². The lowest BCUT2D eigenvalue weighted by Gasteiger charge is -2.01. The Kier molecular flexibility index (Phi) is 4.14. The van der Waals surface area contributed by atoms with Gasteiger partial charge in [-0.15, -0.1) is 22.7 Å². The van der Waals surface area contributed by atoms with E-state index in [0.29, 0.717) is 40.4 Å². The molecule has 112 valence electrons. The predicted octanol–water partition coefficient (Wildman–Crippen LogP) is 4.26. The Morgan fingerprint density at radius 2 is 1.90 bits per heavy atom. The lowest BCUT2D eigenvalue weighted by atomic mass is 10.4. The number of fused-ring (bicyclic) bond motifs is 1. The summed E-state index contributed by atoms with van der Waals surface area (Å²) in [4.78, 5) is 3.54. The zero-order valence-electron chi connectivity index (χ0n) is 10.7. The van der Waals surface area contributed by atoms with Crippen LogP contribution in [-0.2, 0) is 16.0 Å². The normalized spacial score (nSPS) is 13.2. The number of thiazole rings is 1. The van der Waals surface area contributed by atoms with Crippen LogP contribution >= 0.6 is 22.7 Å². The Morgan fingerprint density at radius 3 is 2.45 bits per heavy atom. The van der Waals surface area contributed by atoms with E-state index in [-0.39, 0.29) is 20.3 Å². The zero-order valence-corrected chi connectivity index (χ0v) is 13.2. The van der Waals surface area contributed by atoms with Crippen LogP contribution in [0.1, 0.15) is 29.5 Å². The monoisotopic (exact) mass is 343 g/mol. The highest BCUT2D eigenvalue weighted by atomic mass is 32.2.